The number of benzene rings is 2. The maximum Gasteiger partial charge on any atom is 0.255 e. The van der Waals surface area contributed by atoms with E-state index in [9.17, 15) is 9.59 Å². The Labute approximate surface area is 148 Å². The van der Waals surface area contributed by atoms with Gasteiger partial charge in [-0.1, -0.05) is 17.7 Å². The van der Waals surface area contributed by atoms with E-state index in [-0.39, 0.29) is 11.8 Å². The number of likely N-dealkylation sites (N-methyl/N-ethyl adjacent to an activating group) is 1. The lowest BCUT2D eigenvalue weighted by atomic mass is 10.1. The van der Waals surface area contributed by atoms with Gasteiger partial charge >= 0.3 is 0 Å². The van der Waals surface area contributed by atoms with Crippen LogP contribution in [0, 0.1) is 13.0 Å². The van der Waals surface area contributed by atoms with E-state index < -0.39 is 0 Å². The van der Waals surface area contributed by atoms with E-state index in [1.165, 1.54) is 0 Å². The number of hydrogen-bond acceptors (Lipinski definition) is 3. The van der Waals surface area contributed by atoms with Crippen LogP contribution in [0.3, 0.4) is 0 Å². The van der Waals surface area contributed by atoms with Crippen molar-refractivity contribution in [2.24, 2.45) is 0 Å². The maximum atomic E-state index is 12.6. The summed E-state index contributed by atoms with van der Waals surface area (Å²) in [4.78, 5) is 29.0. The predicted molar refractivity (Wildman–Crippen MR) is 97.8 cm³/mol. The van der Waals surface area contributed by atoms with E-state index in [2.05, 4.69) is 23.3 Å². The van der Waals surface area contributed by atoms with Crippen molar-refractivity contribution < 1.29 is 9.59 Å². The average molecular weight is 336 g/mol. The molecule has 1 heterocycles. The molecule has 1 aliphatic heterocycles. The minimum atomic E-state index is -0.197. The second-order valence-electron chi connectivity index (χ2n) is 6.43. The molecule has 2 amide bonds. The van der Waals surface area contributed by atoms with Crippen molar-refractivity contribution in [2.75, 3.05) is 38.5 Å². The lowest BCUT2D eigenvalue weighted by molar-refractivity contribution is 0.0664. The van der Waals surface area contributed by atoms with Crippen LogP contribution in [0.25, 0.3) is 0 Å². The number of carbonyl (C=O) groups is 2. The molecule has 25 heavy (non-hydrogen) atoms. The molecular weight excluding hydrogens is 314 g/mol. The van der Waals surface area contributed by atoms with Gasteiger partial charge in [0.15, 0.2) is 0 Å². The van der Waals surface area contributed by atoms with Crippen molar-refractivity contribution in [3.05, 3.63) is 65.2 Å². The first-order valence-corrected chi connectivity index (χ1v) is 8.40. The summed E-state index contributed by atoms with van der Waals surface area (Å²) in [6, 6.07) is 15.4. The fraction of sp³-hybridized carbons (Fsp3) is 0.300. The van der Waals surface area contributed by atoms with Gasteiger partial charge in [-0.15, -0.1) is 0 Å². The van der Waals surface area contributed by atoms with Gasteiger partial charge in [0, 0.05) is 43.0 Å². The number of rotatable bonds is 3. The monoisotopic (exact) mass is 336 g/mol. The molecule has 129 valence electrons. The van der Waals surface area contributed by atoms with Crippen molar-refractivity contribution >= 4 is 17.5 Å². The summed E-state index contributed by atoms with van der Waals surface area (Å²) in [5, 5.41) is 2.83. The molecule has 0 unspecified atom stereocenters. The van der Waals surface area contributed by atoms with Crippen molar-refractivity contribution in [3.8, 4) is 0 Å². The van der Waals surface area contributed by atoms with Crippen LogP contribution in [0.1, 0.15) is 26.3 Å². The van der Waals surface area contributed by atoms with Gasteiger partial charge in [-0.05, 0) is 50.4 Å². The Morgan fingerprint density at radius 1 is 1.00 bits per heavy atom. The summed E-state index contributed by atoms with van der Waals surface area (Å²) >= 11 is 0. The largest absolute Gasteiger partial charge is 0.336 e. The molecule has 5 heteroatoms. The molecule has 1 radical (unpaired) electrons. The van der Waals surface area contributed by atoms with Gasteiger partial charge in [0.2, 0.25) is 0 Å². The Kier molecular flexibility index (Phi) is 5.14. The molecule has 0 atom stereocenters. The zero-order valence-electron chi connectivity index (χ0n) is 14.6. The lowest BCUT2D eigenvalue weighted by Crippen LogP contribution is -2.47. The summed E-state index contributed by atoms with van der Waals surface area (Å²) in [6.45, 7) is 5.16. The minimum absolute atomic E-state index is 0.0178. The molecule has 1 saturated heterocycles. The highest BCUT2D eigenvalue weighted by molar-refractivity contribution is 6.05. The number of piperazine rings is 1. The smallest absolute Gasteiger partial charge is 0.255 e. The molecule has 2 aromatic carbocycles. The molecule has 0 aliphatic carbocycles. The first-order chi connectivity index (χ1) is 12.0. The van der Waals surface area contributed by atoms with Crippen LogP contribution in [0.2, 0.25) is 0 Å². The number of hydrogen-bond donors (Lipinski definition) is 1. The molecule has 1 fully saturated rings. The minimum Gasteiger partial charge on any atom is -0.336 e. The number of anilines is 1. The van der Waals surface area contributed by atoms with Gasteiger partial charge in [0.25, 0.3) is 11.8 Å². The van der Waals surface area contributed by atoms with E-state index in [0.717, 1.165) is 31.7 Å². The lowest BCUT2D eigenvalue weighted by Gasteiger charge is -2.32. The molecule has 1 N–H and O–H groups in total. The standard InChI is InChI=1S/C20H22N3O2/c1-15-6-8-16(9-7-15)19(24)21-18-5-3-4-17(14-18)20(25)23-12-10-22(2)11-13-23/h4-9,14H,10-13H2,1-2H3,(H,21,24). The third-order valence-corrected chi connectivity index (χ3v) is 4.40. The SMILES string of the molecule is Cc1ccc(C(=O)Nc2c[c]cc(C(=O)N3CCN(C)CC3)c2)cc1. The van der Waals surface area contributed by atoms with Crippen LogP contribution in [-0.4, -0.2) is 54.8 Å². The van der Waals surface area contributed by atoms with E-state index in [1.807, 2.05) is 24.0 Å². The van der Waals surface area contributed by atoms with E-state index >= 15 is 0 Å². The average Bonchev–Trinajstić information content (AvgIpc) is 2.62. The fourth-order valence-corrected chi connectivity index (χ4v) is 2.77. The highest BCUT2D eigenvalue weighted by Gasteiger charge is 2.20. The topological polar surface area (TPSA) is 52.7 Å². The molecular formula is C20H22N3O2. The normalized spacial score (nSPS) is 15.0. The van der Waals surface area contributed by atoms with Crippen LogP contribution in [0.5, 0.6) is 0 Å². The molecule has 0 saturated carbocycles. The molecule has 0 spiro atoms. The summed E-state index contributed by atoms with van der Waals surface area (Å²) in [7, 11) is 2.05. The maximum absolute atomic E-state index is 12.6. The third-order valence-electron chi connectivity index (χ3n) is 4.40. The Morgan fingerprint density at radius 2 is 1.68 bits per heavy atom. The highest BCUT2D eigenvalue weighted by Crippen LogP contribution is 2.15. The number of carbonyl (C=O) groups excluding carboxylic acids is 2. The Hall–Kier alpha value is -2.66. The van der Waals surface area contributed by atoms with Crippen molar-refractivity contribution in [1.82, 2.24) is 9.80 Å². The van der Waals surface area contributed by atoms with E-state index in [0.29, 0.717) is 16.8 Å². The molecule has 0 bridgehead atoms. The number of amides is 2. The van der Waals surface area contributed by atoms with Gasteiger partial charge in [-0.3, -0.25) is 9.59 Å². The molecule has 0 aromatic heterocycles. The van der Waals surface area contributed by atoms with Gasteiger partial charge < -0.3 is 15.1 Å². The van der Waals surface area contributed by atoms with Gasteiger partial charge in [0.05, 0.1) is 0 Å². The predicted octanol–water partition coefficient (Wildman–Crippen LogP) is 2.44. The summed E-state index contributed by atoms with van der Waals surface area (Å²) in [5.74, 6) is -0.214. The fourth-order valence-electron chi connectivity index (χ4n) is 2.77. The Bertz CT molecular complexity index is 763. The van der Waals surface area contributed by atoms with Crippen LogP contribution in [0.4, 0.5) is 5.69 Å². The second kappa shape index (κ2) is 7.49. The van der Waals surface area contributed by atoms with Crippen molar-refractivity contribution in [2.45, 2.75) is 6.92 Å². The summed E-state index contributed by atoms with van der Waals surface area (Å²) < 4.78 is 0. The molecule has 5 nitrogen and oxygen atoms in total. The van der Waals surface area contributed by atoms with Crippen LogP contribution in [-0.2, 0) is 0 Å². The molecule has 2 aromatic rings. The summed E-state index contributed by atoms with van der Waals surface area (Å²) in [6.07, 6.45) is 0. The molecule has 3 rings (SSSR count). The Morgan fingerprint density at radius 3 is 2.36 bits per heavy atom. The molecule has 1 aliphatic rings. The van der Waals surface area contributed by atoms with Gasteiger partial charge in [-0.25, -0.2) is 0 Å². The van der Waals surface area contributed by atoms with Crippen LogP contribution < -0.4 is 5.32 Å². The first kappa shape index (κ1) is 17.2. The summed E-state index contributed by atoms with van der Waals surface area (Å²) in [5.41, 5.74) is 2.81. The number of nitrogens with one attached hydrogen (secondary N) is 1. The Balaban J connectivity index is 1.69. The highest BCUT2D eigenvalue weighted by atomic mass is 16.2. The van der Waals surface area contributed by atoms with Gasteiger partial charge in [0.1, 0.15) is 0 Å². The third kappa shape index (κ3) is 4.25. The zero-order chi connectivity index (χ0) is 17.8. The first-order valence-electron chi connectivity index (χ1n) is 8.40. The number of aryl methyl sites for hydroxylation is 1. The van der Waals surface area contributed by atoms with Gasteiger partial charge in [-0.2, -0.15) is 0 Å². The number of nitrogens with zero attached hydrogens (tertiary/aromatic N) is 2. The van der Waals surface area contributed by atoms with Crippen molar-refractivity contribution in [1.29, 1.82) is 0 Å². The quantitative estimate of drug-likeness (QED) is 0.937. The van der Waals surface area contributed by atoms with Crippen LogP contribution >= 0.6 is 0 Å². The zero-order valence-corrected chi connectivity index (χ0v) is 14.6. The second-order valence-corrected chi connectivity index (χ2v) is 6.43. The van der Waals surface area contributed by atoms with E-state index in [1.54, 1.807) is 30.3 Å². The van der Waals surface area contributed by atoms with Crippen molar-refractivity contribution in [3.63, 3.8) is 0 Å². The van der Waals surface area contributed by atoms with Crippen LogP contribution in [0.15, 0.2) is 42.5 Å². The van der Waals surface area contributed by atoms with E-state index in [4.69, 9.17) is 0 Å².